The molecule has 2 nitrogen and oxygen atoms in total. The van der Waals surface area contributed by atoms with Gasteiger partial charge in [-0.3, -0.25) is 0 Å². The zero-order chi connectivity index (χ0) is 15.4. The topological polar surface area (TPSA) is 21.3 Å². The molecule has 0 aliphatic carbocycles. The van der Waals surface area contributed by atoms with Gasteiger partial charge in [0, 0.05) is 11.3 Å². The highest BCUT2D eigenvalue weighted by Gasteiger charge is 2.15. The van der Waals surface area contributed by atoms with Gasteiger partial charge in [0.1, 0.15) is 17.4 Å². The lowest BCUT2D eigenvalue weighted by Crippen LogP contribution is -2.11. The molecule has 0 heterocycles. The van der Waals surface area contributed by atoms with Gasteiger partial charge in [0.05, 0.1) is 6.04 Å². The molecular formula is C15H13F4NO. The second-order valence-corrected chi connectivity index (χ2v) is 4.40. The highest BCUT2D eigenvalue weighted by atomic mass is 19.3. The summed E-state index contributed by atoms with van der Waals surface area (Å²) in [4.78, 5) is 0. The summed E-state index contributed by atoms with van der Waals surface area (Å²) in [6, 6.07) is 8.70. The fourth-order valence-electron chi connectivity index (χ4n) is 1.98. The van der Waals surface area contributed by atoms with Crippen molar-refractivity contribution in [3.63, 3.8) is 0 Å². The summed E-state index contributed by atoms with van der Waals surface area (Å²) >= 11 is 0. The number of nitrogens with one attached hydrogen (secondary N) is 1. The van der Waals surface area contributed by atoms with E-state index in [2.05, 4.69) is 10.1 Å². The van der Waals surface area contributed by atoms with Crippen molar-refractivity contribution in [3.8, 4) is 5.75 Å². The van der Waals surface area contributed by atoms with E-state index in [0.717, 1.165) is 0 Å². The number of anilines is 1. The first-order valence-corrected chi connectivity index (χ1v) is 6.22. The summed E-state index contributed by atoms with van der Waals surface area (Å²) in [6.07, 6.45) is 0. The fourth-order valence-corrected chi connectivity index (χ4v) is 1.98. The minimum Gasteiger partial charge on any atom is -0.435 e. The average Bonchev–Trinajstić information content (AvgIpc) is 2.40. The van der Waals surface area contributed by atoms with Crippen LogP contribution in [-0.4, -0.2) is 6.61 Å². The molecule has 0 saturated carbocycles. The Balaban J connectivity index is 2.11. The van der Waals surface area contributed by atoms with Gasteiger partial charge < -0.3 is 10.1 Å². The van der Waals surface area contributed by atoms with Crippen LogP contribution in [-0.2, 0) is 0 Å². The first-order valence-electron chi connectivity index (χ1n) is 6.22. The summed E-state index contributed by atoms with van der Waals surface area (Å²) < 4.78 is 55.5. The fraction of sp³-hybridized carbons (Fsp3) is 0.200. The van der Waals surface area contributed by atoms with Gasteiger partial charge in [-0.25, -0.2) is 8.78 Å². The van der Waals surface area contributed by atoms with Crippen LogP contribution < -0.4 is 10.1 Å². The Labute approximate surface area is 119 Å². The Morgan fingerprint density at radius 3 is 2.05 bits per heavy atom. The highest BCUT2D eigenvalue weighted by Crippen LogP contribution is 2.25. The lowest BCUT2D eigenvalue weighted by atomic mass is 10.1. The summed E-state index contributed by atoms with van der Waals surface area (Å²) in [5.41, 5.74) is 0.456. The lowest BCUT2D eigenvalue weighted by molar-refractivity contribution is -0.0498. The SMILES string of the molecule is CC(Nc1ccc(OC(F)F)cc1)c1c(F)cccc1F. The van der Waals surface area contributed by atoms with Crippen LogP contribution in [0.1, 0.15) is 18.5 Å². The third-order valence-corrected chi connectivity index (χ3v) is 2.90. The van der Waals surface area contributed by atoms with Crippen molar-refractivity contribution in [2.45, 2.75) is 19.6 Å². The Morgan fingerprint density at radius 2 is 1.52 bits per heavy atom. The molecule has 2 aromatic carbocycles. The van der Waals surface area contributed by atoms with Crippen LogP contribution in [0.5, 0.6) is 5.75 Å². The van der Waals surface area contributed by atoms with E-state index in [-0.39, 0.29) is 11.3 Å². The zero-order valence-electron chi connectivity index (χ0n) is 11.1. The second-order valence-electron chi connectivity index (χ2n) is 4.40. The molecule has 2 aromatic rings. The molecule has 0 bridgehead atoms. The molecule has 1 atom stereocenters. The molecular weight excluding hydrogens is 286 g/mol. The van der Waals surface area contributed by atoms with E-state index in [1.807, 2.05) is 0 Å². The molecule has 0 amide bonds. The first kappa shape index (κ1) is 15.2. The van der Waals surface area contributed by atoms with Crippen molar-refractivity contribution in [2.24, 2.45) is 0 Å². The molecule has 0 aromatic heterocycles. The van der Waals surface area contributed by atoms with E-state index < -0.39 is 24.3 Å². The maximum absolute atomic E-state index is 13.6. The first-order chi connectivity index (χ1) is 9.97. The monoisotopic (exact) mass is 299 g/mol. The van der Waals surface area contributed by atoms with E-state index in [4.69, 9.17) is 0 Å². The van der Waals surface area contributed by atoms with Crippen molar-refractivity contribution in [3.05, 3.63) is 59.7 Å². The third-order valence-electron chi connectivity index (χ3n) is 2.90. The molecule has 0 aliphatic heterocycles. The number of rotatable bonds is 5. The van der Waals surface area contributed by atoms with E-state index >= 15 is 0 Å². The molecule has 6 heteroatoms. The van der Waals surface area contributed by atoms with Crippen LogP contribution in [0.4, 0.5) is 23.2 Å². The maximum atomic E-state index is 13.6. The number of hydrogen-bond acceptors (Lipinski definition) is 2. The predicted molar refractivity (Wildman–Crippen MR) is 71.5 cm³/mol. The van der Waals surface area contributed by atoms with Gasteiger partial charge in [0.2, 0.25) is 0 Å². The second kappa shape index (κ2) is 6.47. The van der Waals surface area contributed by atoms with Crippen molar-refractivity contribution >= 4 is 5.69 Å². The minimum absolute atomic E-state index is 0.0141. The van der Waals surface area contributed by atoms with Gasteiger partial charge in [-0.15, -0.1) is 0 Å². The number of benzene rings is 2. The van der Waals surface area contributed by atoms with Crippen molar-refractivity contribution in [2.75, 3.05) is 5.32 Å². The largest absolute Gasteiger partial charge is 0.435 e. The number of halogens is 4. The maximum Gasteiger partial charge on any atom is 0.387 e. The van der Waals surface area contributed by atoms with Crippen LogP contribution in [0.3, 0.4) is 0 Å². The van der Waals surface area contributed by atoms with Gasteiger partial charge >= 0.3 is 6.61 Å². The summed E-state index contributed by atoms with van der Waals surface area (Å²) in [5, 5.41) is 2.90. The molecule has 112 valence electrons. The molecule has 0 fully saturated rings. The van der Waals surface area contributed by atoms with Gasteiger partial charge in [-0.05, 0) is 43.3 Å². The number of hydrogen-bond donors (Lipinski definition) is 1. The Bertz CT molecular complexity index is 581. The summed E-state index contributed by atoms with van der Waals surface area (Å²) in [7, 11) is 0. The van der Waals surface area contributed by atoms with Gasteiger partial charge in [-0.1, -0.05) is 6.07 Å². The average molecular weight is 299 g/mol. The third kappa shape index (κ3) is 3.87. The molecule has 2 rings (SSSR count). The number of ether oxygens (including phenoxy) is 1. The molecule has 0 radical (unpaired) electrons. The van der Waals surface area contributed by atoms with Crippen LogP contribution in [0.15, 0.2) is 42.5 Å². The molecule has 0 saturated heterocycles. The summed E-state index contributed by atoms with van der Waals surface area (Å²) in [6.45, 7) is -1.29. The smallest absolute Gasteiger partial charge is 0.387 e. The zero-order valence-corrected chi connectivity index (χ0v) is 11.1. The van der Waals surface area contributed by atoms with Crippen molar-refractivity contribution in [1.82, 2.24) is 0 Å². The van der Waals surface area contributed by atoms with Crippen molar-refractivity contribution in [1.29, 1.82) is 0 Å². The van der Waals surface area contributed by atoms with Crippen LogP contribution in [0.25, 0.3) is 0 Å². The Hall–Kier alpha value is -2.24. The lowest BCUT2D eigenvalue weighted by Gasteiger charge is -2.17. The van der Waals surface area contributed by atoms with E-state index in [1.165, 1.54) is 42.5 Å². The van der Waals surface area contributed by atoms with Crippen molar-refractivity contribution < 1.29 is 22.3 Å². The van der Waals surface area contributed by atoms with Gasteiger partial charge in [0.15, 0.2) is 0 Å². The van der Waals surface area contributed by atoms with Crippen LogP contribution in [0.2, 0.25) is 0 Å². The molecule has 1 N–H and O–H groups in total. The van der Waals surface area contributed by atoms with E-state index in [1.54, 1.807) is 6.92 Å². The van der Waals surface area contributed by atoms with E-state index in [0.29, 0.717) is 5.69 Å². The molecule has 1 unspecified atom stereocenters. The molecule has 0 spiro atoms. The van der Waals surface area contributed by atoms with Gasteiger partial charge in [-0.2, -0.15) is 8.78 Å². The Kier molecular flexibility index (Phi) is 4.67. The molecule has 0 aliphatic rings. The minimum atomic E-state index is -2.89. The normalized spacial score (nSPS) is 12.3. The van der Waals surface area contributed by atoms with Crippen LogP contribution in [0, 0.1) is 11.6 Å². The summed E-state index contributed by atoms with van der Waals surface area (Å²) in [5.74, 6) is -1.28. The quantitative estimate of drug-likeness (QED) is 0.805. The van der Waals surface area contributed by atoms with Crippen LogP contribution >= 0.6 is 0 Å². The van der Waals surface area contributed by atoms with Gasteiger partial charge in [0.25, 0.3) is 0 Å². The Morgan fingerprint density at radius 1 is 0.952 bits per heavy atom. The number of alkyl halides is 2. The van der Waals surface area contributed by atoms with E-state index in [9.17, 15) is 17.6 Å². The molecule has 21 heavy (non-hydrogen) atoms. The highest BCUT2D eigenvalue weighted by molar-refractivity contribution is 5.48. The predicted octanol–water partition coefficient (Wildman–Crippen LogP) is 4.74. The standard InChI is InChI=1S/C15H13F4NO/c1-9(14-12(16)3-2-4-13(14)17)20-10-5-7-11(8-6-10)21-15(18)19/h2-9,15,20H,1H3.